The fraction of sp³-hybridized carbons (Fsp3) is 0.235. The molecular formula is C17H11ClF3N3O4. The fourth-order valence-electron chi connectivity index (χ4n) is 2.77. The van der Waals surface area contributed by atoms with Gasteiger partial charge in [0.2, 0.25) is 0 Å². The number of ether oxygens (including phenoxy) is 1. The van der Waals surface area contributed by atoms with Crippen LogP contribution in [0.1, 0.15) is 5.69 Å². The molecule has 1 aromatic carbocycles. The van der Waals surface area contributed by atoms with Gasteiger partial charge >= 0.3 is 11.9 Å². The minimum Gasteiger partial charge on any atom is -0.482 e. The molecule has 1 aromatic heterocycles. The van der Waals surface area contributed by atoms with Crippen LogP contribution in [0.4, 0.5) is 18.9 Å². The highest BCUT2D eigenvalue weighted by molar-refractivity contribution is 6.32. The largest absolute Gasteiger partial charge is 0.482 e. The Kier molecular flexibility index (Phi) is 4.72. The number of halogens is 4. The number of nitrogens with zero attached hydrogens (tertiary/aromatic N) is 3. The van der Waals surface area contributed by atoms with E-state index >= 15 is 0 Å². The van der Waals surface area contributed by atoms with Gasteiger partial charge in [-0.2, -0.15) is 13.2 Å². The van der Waals surface area contributed by atoms with Crippen molar-refractivity contribution in [3.05, 3.63) is 49.8 Å². The molecule has 0 bridgehead atoms. The van der Waals surface area contributed by atoms with Crippen molar-refractivity contribution in [2.24, 2.45) is 7.05 Å². The Morgan fingerprint density at radius 2 is 1.89 bits per heavy atom. The third-order valence-electron chi connectivity index (χ3n) is 4.07. The molecule has 28 heavy (non-hydrogen) atoms. The first-order valence-electron chi connectivity index (χ1n) is 7.67. The van der Waals surface area contributed by atoms with Crippen LogP contribution in [-0.4, -0.2) is 28.2 Å². The zero-order valence-corrected chi connectivity index (χ0v) is 15.0. The summed E-state index contributed by atoms with van der Waals surface area (Å²) in [6, 6.07) is 2.74. The Labute approximate surface area is 160 Å². The standard InChI is InChI=1S/C17H11ClF3N3O4/c1-3-4-23-11-6-10(9(18)5-12(11)28-8-15(23)26)24-14(25)7-13(17(19,20)21)22(2)16(24)27/h1,5-7H,4,8H2,2H3. The molecular weight excluding hydrogens is 403 g/mol. The van der Waals surface area contributed by atoms with E-state index in [9.17, 15) is 27.6 Å². The lowest BCUT2D eigenvalue weighted by Gasteiger charge is -2.28. The lowest BCUT2D eigenvalue weighted by atomic mass is 10.2. The average molecular weight is 414 g/mol. The fourth-order valence-corrected chi connectivity index (χ4v) is 3.00. The molecule has 0 unspecified atom stereocenters. The molecule has 0 saturated carbocycles. The number of carbonyl (C=O) groups excluding carboxylic acids is 1. The minimum atomic E-state index is -4.89. The van der Waals surface area contributed by atoms with Gasteiger partial charge in [-0.25, -0.2) is 9.36 Å². The third-order valence-corrected chi connectivity index (χ3v) is 4.38. The summed E-state index contributed by atoms with van der Waals surface area (Å²) in [5.41, 5.74) is -3.96. The SMILES string of the molecule is C#CCN1C(=O)COc2cc(Cl)c(-n3c(=O)cc(C(F)(F)F)n(C)c3=O)cc21. The zero-order chi connectivity index (χ0) is 20.8. The minimum absolute atomic E-state index is 0.115. The van der Waals surface area contributed by atoms with Gasteiger partial charge in [0.05, 0.1) is 22.9 Å². The van der Waals surface area contributed by atoms with E-state index in [0.29, 0.717) is 4.57 Å². The van der Waals surface area contributed by atoms with Gasteiger partial charge in [-0.3, -0.25) is 19.1 Å². The number of rotatable bonds is 2. The molecule has 0 radical (unpaired) electrons. The van der Waals surface area contributed by atoms with Crippen molar-refractivity contribution < 1.29 is 22.7 Å². The first-order chi connectivity index (χ1) is 13.1. The first-order valence-corrected chi connectivity index (χ1v) is 8.05. The van der Waals surface area contributed by atoms with E-state index in [4.69, 9.17) is 22.8 Å². The van der Waals surface area contributed by atoms with Gasteiger partial charge in [0.15, 0.2) is 6.61 Å². The van der Waals surface area contributed by atoms with E-state index in [2.05, 4.69) is 5.92 Å². The van der Waals surface area contributed by atoms with Gasteiger partial charge in [-0.1, -0.05) is 17.5 Å². The molecule has 3 rings (SSSR count). The summed E-state index contributed by atoms with van der Waals surface area (Å²) < 4.78 is 45.1. The Balaban J connectivity index is 2.28. The molecule has 0 spiro atoms. The van der Waals surface area contributed by atoms with Crippen LogP contribution in [-0.2, 0) is 18.0 Å². The van der Waals surface area contributed by atoms with Gasteiger partial charge < -0.3 is 4.74 Å². The van der Waals surface area contributed by atoms with Crippen molar-refractivity contribution in [2.45, 2.75) is 6.18 Å². The maximum atomic E-state index is 13.0. The maximum Gasteiger partial charge on any atom is 0.431 e. The highest BCUT2D eigenvalue weighted by Crippen LogP contribution is 2.37. The summed E-state index contributed by atoms with van der Waals surface area (Å²) in [6.45, 7) is -0.400. The van der Waals surface area contributed by atoms with Crippen LogP contribution in [0.2, 0.25) is 5.02 Å². The summed E-state index contributed by atoms with van der Waals surface area (Å²) in [4.78, 5) is 38.0. The van der Waals surface area contributed by atoms with Gasteiger partial charge in [0, 0.05) is 19.2 Å². The lowest BCUT2D eigenvalue weighted by molar-refractivity contribution is -0.144. The number of carbonyl (C=O) groups is 1. The number of benzene rings is 1. The van der Waals surface area contributed by atoms with Crippen molar-refractivity contribution in [2.75, 3.05) is 18.1 Å². The lowest BCUT2D eigenvalue weighted by Crippen LogP contribution is -2.41. The van der Waals surface area contributed by atoms with E-state index in [-0.39, 0.29) is 45.9 Å². The number of hydrogen-bond donors (Lipinski definition) is 0. The molecule has 0 N–H and O–H groups in total. The quantitative estimate of drug-likeness (QED) is 0.701. The smallest absolute Gasteiger partial charge is 0.431 e. The Morgan fingerprint density at radius 1 is 1.21 bits per heavy atom. The van der Waals surface area contributed by atoms with Crippen molar-refractivity contribution >= 4 is 23.2 Å². The summed E-state index contributed by atoms with van der Waals surface area (Å²) in [7, 11) is 0.880. The Hall–Kier alpha value is -3.19. The number of aromatic nitrogens is 2. The second-order valence-electron chi connectivity index (χ2n) is 5.79. The van der Waals surface area contributed by atoms with Crippen LogP contribution >= 0.6 is 11.6 Å². The molecule has 1 aliphatic rings. The maximum absolute atomic E-state index is 13.0. The first kappa shape index (κ1) is 19.6. The van der Waals surface area contributed by atoms with Gasteiger partial charge in [0.25, 0.3) is 11.5 Å². The van der Waals surface area contributed by atoms with Crippen LogP contribution < -0.4 is 20.9 Å². The van der Waals surface area contributed by atoms with Crippen molar-refractivity contribution in [3.8, 4) is 23.8 Å². The molecule has 0 atom stereocenters. The van der Waals surface area contributed by atoms with Crippen LogP contribution in [0.5, 0.6) is 5.75 Å². The average Bonchev–Trinajstić information content (AvgIpc) is 2.60. The van der Waals surface area contributed by atoms with Crippen LogP contribution in [0.25, 0.3) is 5.69 Å². The molecule has 2 heterocycles. The van der Waals surface area contributed by atoms with Gasteiger partial charge in [0.1, 0.15) is 11.4 Å². The van der Waals surface area contributed by atoms with Crippen LogP contribution in [0.3, 0.4) is 0 Å². The van der Waals surface area contributed by atoms with E-state index in [0.717, 1.165) is 7.05 Å². The van der Waals surface area contributed by atoms with E-state index in [1.165, 1.54) is 17.0 Å². The molecule has 0 fully saturated rings. The van der Waals surface area contributed by atoms with Crippen LogP contribution in [0, 0.1) is 12.3 Å². The van der Waals surface area contributed by atoms with Crippen molar-refractivity contribution in [3.63, 3.8) is 0 Å². The third kappa shape index (κ3) is 3.14. The Morgan fingerprint density at radius 3 is 2.50 bits per heavy atom. The van der Waals surface area contributed by atoms with Crippen LogP contribution in [0.15, 0.2) is 27.8 Å². The predicted octanol–water partition coefficient (Wildman–Crippen LogP) is 1.57. The zero-order valence-electron chi connectivity index (χ0n) is 14.2. The number of hydrogen-bond acceptors (Lipinski definition) is 4. The normalized spacial score (nSPS) is 13.7. The highest BCUT2D eigenvalue weighted by Gasteiger charge is 2.35. The number of terminal acetylenes is 1. The molecule has 0 saturated heterocycles. The van der Waals surface area contributed by atoms with Gasteiger partial charge in [-0.15, -0.1) is 6.42 Å². The van der Waals surface area contributed by atoms with Gasteiger partial charge in [-0.05, 0) is 6.07 Å². The second-order valence-corrected chi connectivity index (χ2v) is 6.19. The van der Waals surface area contributed by atoms with E-state index < -0.39 is 29.0 Å². The molecule has 7 nitrogen and oxygen atoms in total. The number of alkyl halides is 3. The monoisotopic (exact) mass is 413 g/mol. The molecule has 11 heteroatoms. The van der Waals surface area contributed by atoms with E-state index in [1.54, 1.807) is 0 Å². The summed E-state index contributed by atoms with van der Waals surface area (Å²) >= 11 is 6.13. The molecule has 2 aromatic rings. The second kappa shape index (κ2) is 6.76. The van der Waals surface area contributed by atoms with Crippen molar-refractivity contribution in [1.82, 2.24) is 9.13 Å². The summed E-state index contributed by atoms with van der Waals surface area (Å²) in [5, 5.41) is -0.132. The summed E-state index contributed by atoms with van der Waals surface area (Å²) in [6.07, 6.45) is 0.364. The topological polar surface area (TPSA) is 73.5 Å². The molecule has 146 valence electrons. The molecule has 1 aliphatic heterocycles. The predicted molar refractivity (Wildman–Crippen MR) is 94.0 cm³/mol. The summed E-state index contributed by atoms with van der Waals surface area (Å²) in [5.74, 6) is 2.01. The Bertz CT molecular complexity index is 1140. The highest BCUT2D eigenvalue weighted by atomic mass is 35.5. The number of fused-ring (bicyclic) bond motifs is 1. The molecule has 1 amide bonds. The number of anilines is 1. The number of amides is 1. The van der Waals surface area contributed by atoms with E-state index in [1.807, 2.05) is 0 Å². The molecule has 0 aliphatic carbocycles. The van der Waals surface area contributed by atoms with Crippen molar-refractivity contribution in [1.29, 1.82) is 0 Å².